The normalized spacial score (nSPS) is 18.6. The van der Waals surface area contributed by atoms with Gasteiger partial charge in [-0.05, 0) is 57.1 Å². The third-order valence-electron chi connectivity index (χ3n) is 12.2. The lowest BCUT2D eigenvalue weighted by molar-refractivity contribution is -0.148. The van der Waals surface area contributed by atoms with Crippen LogP contribution in [0.3, 0.4) is 0 Å². The van der Waals surface area contributed by atoms with Crippen molar-refractivity contribution in [3.05, 3.63) is 35.9 Å². The lowest BCUT2D eigenvalue weighted by Crippen LogP contribution is -2.60. The van der Waals surface area contributed by atoms with Gasteiger partial charge in [0.2, 0.25) is 29.5 Å². The molecule has 0 aliphatic carbocycles. The zero-order chi connectivity index (χ0) is 46.4. The third-order valence-corrected chi connectivity index (χ3v) is 12.9. The SMILES string of the molecule is CC[C@H](C)[C@@H]([C@@H](CC(=O)N1CCC[C@H]1[C@H](OC)[C@@H](C)C(=O)N[C@@H](Cc1ccccc1)C(=O)NCCS(=O)(=O)O)OC)N(C)C(=O)[C@@H](NC(=O)[C@H](C(C)C)N(C)C(C)C)C(C)C. The topological polar surface area (TPSA) is 204 Å². The molecule has 1 aromatic carbocycles. The number of methoxy groups -OCH3 is 2. The molecule has 17 heteroatoms. The molecule has 2 rings (SSSR count). The van der Waals surface area contributed by atoms with E-state index in [0.717, 1.165) is 5.56 Å². The number of likely N-dealkylation sites (N-methyl/N-ethyl adjacent to an activating group) is 2. The summed E-state index contributed by atoms with van der Waals surface area (Å²) in [7, 11) is 2.30. The van der Waals surface area contributed by atoms with Gasteiger partial charge in [-0.1, -0.05) is 85.2 Å². The van der Waals surface area contributed by atoms with Crippen LogP contribution in [0.1, 0.15) is 93.6 Å². The predicted octanol–water partition coefficient (Wildman–Crippen LogP) is 3.14. The summed E-state index contributed by atoms with van der Waals surface area (Å²) >= 11 is 0. The van der Waals surface area contributed by atoms with Gasteiger partial charge in [0, 0.05) is 46.8 Å². The number of carbonyl (C=O) groups is 5. The molecule has 0 spiro atoms. The molecule has 9 atom stereocenters. The highest BCUT2D eigenvalue weighted by Gasteiger charge is 2.43. The molecular formula is C44H76N6O10S. The Balaban J connectivity index is 2.32. The number of hydrogen-bond acceptors (Lipinski definition) is 10. The highest BCUT2D eigenvalue weighted by molar-refractivity contribution is 7.85. The molecule has 0 bridgehead atoms. The second-order valence-electron chi connectivity index (χ2n) is 17.6. The van der Waals surface area contributed by atoms with E-state index >= 15 is 0 Å². The molecule has 4 N–H and O–H groups in total. The van der Waals surface area contributed by atoms with Gasteiger partial charge in [0.15, 0.2) is 0 Å². The van der Waals surface area contributed by atoms with Crippen molar-refractivity contribution in [3.8, 4) is 0 Å². The maximum Gasteiger partial charge on any atom is 0.266 e. The average Bonchev–Trinajstić information content (AvgIpc) is 3.68. The van der Waals surface area contributed by atoms with Crippen LogP contribution >= 0.6 is 0 Å². The van der Waals surface area contributed by atoms with Gasteiger partial charge in [-0.15, -0.1) is 0 Å². The van der Waals surface area contributed by atoms with Crippen molar-refractivity contribution in [2.45, 2.75) is 143 Å². The summed E-state index contributed by atoms with van der Waals surface area (Å²) in [5.41, 5.74) is 0.760. The molecule has 1 saturated heterocycles. The number of nitrogens with zero attached hydrogens (tertiary/aromatic N) is 3. The van der Waals surface area contributed by atoms with E-state index in [1.54, 1.807) is 48.0 Å². The van der Waals surface area contributed by atoms with Crippen molar-refractivity contribution in [1.82, 2.24) is 30.7 Å². The van der Waals surface area contributed by atoms with Gasteiger partial charge in [0.1, 0.15) is 12.1 Å². The Morgan fingerprint density at radius 1 is 0.885 bits per heavy atom. The van der Waals surface area contributed by atoms with Gasteiger partial charge in [-0.25, -0.2) is 0 Å². The van der Waals surface area contributed by atoms with Crippen molar-refractivity contribution in [2.75, 3.05) is 47.2 Å². The first-order valence-electron chi connectivity index (χ1n) is 21.7. The standard InChI is InChI=1S/C44H76N6O10S/c1-14-30(8)39(49(11)44(55)37(27(2)3)47-43(54)38(28(4)5)48(10)29(6)7)35(59-12)26-36(51)50-23-18-21-34(50)40(60-13)31(9)41(52)46-33(25-32-19-16-15-17-20-32)42(53)45-22-24-61(56,57)58/h15-17,19-20,27-31,33-35,37-40H,14,18,21-26H2,1-13H3,(H,45,53)(H,46,52)(H,47,54)(H,56,57,58)/t30-,31+,33-,34-,35+,37-,38-,39-,40+/m0/s1. The average molecular weight is 881 g/mol. The number of nitrogens with one attached hydrogen (secondary N) is 3. The molecule has 0 aromatic heterocycles. The first-order valence-corrected chi connectivity index (χ1v) is 23.3. The quantitative estimate of drug-likeness (QED) is 0.105. The Hall–Kier alpha value is -3.64. The fraction of sp³-hybridized carbons (Fsp3) is 0.750. The molecule has 1 aliphatic rings. The molecule has 0 radical (unpaired) electrons. The molecule has 16 nitrogen and oxygen atoms in total. The molecule has 0 unspecified atom stereocenters. The van der Waals surface area contributed by atoms with Crippen molar-refractivity contribution in [3.63, 3.8) is 0 Å². The summed E-state index contributed by atoms with van der Waals surface area (Å²) in [6, 6.07) is 5.82. The van der Waals surface area contributed by atoms with Crippen LogP contribution in [-0.4, -0.2) is 153 Å². The van der Waals surface area contributed by atoms with Gasteiger partial charge in [0.05, 0.1) is 48.4 Å². The largest absolute Gasteiger partial charge is 0.379 e. The van der Waals surface area contributed by atoms with Crippen LogP contribution in [0, 0.1) is 23.7 Å². The van der Waals surface area contributed by atoms with E-state index in [1.807, 2.05) is 73.4 Å². The van der Waals surface area contributed by atoms with E-state index in [-0.39, 0.29) is 60.9 Å². The first-order chi connectivity index (χ1) is 28.5. The van der Waals surface area contributed by atoms with E-state index in [1.165, 1.54) is 14.2 Å². The van der Waals surface area contributed by atoms with Crippen LogP contribution < -0.4 is 16.0 Å². The molecule has 5 amide bonds. The molecule has 1 fully saturated rings. The van der Waals surface area contributed by atoms with Gasteiger partial charge in [-0.2, -0.15) is 8.42 Å². The zero-order valence-corrected chi connectivity index (χ0v) is 39.7. The van der Waals surface area contributed by atoms with Crippen molar-refractivity contribution < 1.29 is 46.4 Å². The fourth-order valence-electron chi connectivity index (χ4n) is 8.35. The number of amides is 5. The highest BCUT2D eigenvalue weighted by Crippen LogP contribution is 2.30. The smallest absolute Gasteiger partial charge is 0.266 e. The van der Waals surface area contributed by atoms with Crippen LogP contribution in [-0.2, 0) is 50.0 Å². The van der Waals surface area contributed by atoms with Crippen molar-refractivity contribution in [1.29, 1.82) is 0 Å². The predicted molar refractivity (Wildman–Crippen MR) is 236 cm³/mol. The van der Waals surface area contributed by atoms with E-state index in [9.17, 15) is 32.4 Å². The maximum atomic E-state index is 14.4. The molecule has 348 valence electrons. The number of benzene rings is 1. The number of carbonyl (C=O) groups excluding carboxylic acids is 5. The number of likely N-dealkylation sites (tertiary alicyclic amines) is 1. The Bertz CT molecular complexity index is 1680. The number of hydrogen-bond donors (Lipinski definition) is 4. The van der Waals surface area contributed by atoms with E-state index in [4.69, 9.17) is 14.0 Å². The van der Waals surface area contributed by atoms with Gasteiger partial charge >= 0.3 is 0 Å². The lowest BCUT2D eigenvalue weighted by atomic mass is 9.89. The third kappa shape index (κ3) is 15.6. The maximum absolute atomic E-state index is 14.4. The molecule has 1 aromatic rings. The van der Waals surface area contributed by atoms with Crippen LogP contribution in [0.2, 0.25) is 0 Å². The molecule has 1 heterocycles. The summed E-state index contributed by atoms with van der Waals surface area (Å²) in [5.74, 6) is -3.62. The number of ether oxygens (including phenoxy) is 2. The van der Waals surface area contributed by atoms with E-state index in [0.29, 0.717) is 25.8 Å². The molecule has 0 saturated carbocycles. The van der Waals surface area contributed by atoms with Gasteiger partial charge in [0.25, 0.3) is 10.1 Å². The highest BCUT2D eigenvalue weighted by atomic mass is 32.2. The minimum atomic E-state index is -4.32. The fourth-order valence-corrected chi connectivity index (χ4v) is 8.71. The summed E-state index contributed by atoms with van der Waals surface area (Å²) < 4.78 is 43.6. The van der Waals surface area contributed by atoms with Gasteiger partial charge in [-0.3, -0.25) is 33.4 Å². The van der Waals surface area contributed by atoms with Crippen molar-refractivity contribution in [2.24, 2.45) is 23.7 Å². The Morgan fingerprint density at radius 2 is 1.51 bits per heavy atom. The monoisotopic (exact) mass is 881 g/mol. The Labute approximate surface area is 365 Å². The second kappa shape index (κ2) is 24.9. The Kier molecular flexibility index (Phi) is 21.8. The summed E-state index contributed by atoms with van der Waals surface area (Å²) in [6.45, 7) is 17.6. The second-order valence-corrected chi connectivity index (χ2v) is 19.2. The molecule has 61 heavy (non-hydrogen) atoms. The lowest BCUT2D eigenvalue weighted by Gasteiger charge is -2.41. The van der Waals surface area contributed by atoms with Crippen LogP contribution in [0.15, 0.2) is 30.3 Å². The van der Waals surface area contributed by atoms with Crippen LogP contribution in [0.4, 0.5) is 0 Å². The Morgan fingerprint density at radius 3 is 2.02 bits per heavy atom. The minimum absolute atomic E-state index is 0.00472. The zero-order valence-electron chi connectivity index (χ0n) is 38.8. The summed E-state index contributed by atoms with van der Waals surface area (Å²) in [4.78, 5) is 75.0. The van der Waals surface area contributed by atoms with Crippen LogP contribution in [0.25, 0.3) is 0 Å². The molecular weight excluding hydrogens is 805 g/mol. The summed E-state index contributed by atoms with van der Waals surface area (Å²) in [5, 5.41) is 8.37. The molecule has 1 aliphatic heterocycles. The summed E-state index contributed by atoms with van der Waals surface area (Å²) in [6.07, 6.45) is 0.549. The number of rotatable bonds is 25. The van der Waals surface area contributed by atoms with Gasteiger partial charge < -0.3 is 35.2 Å². The first kappa shape index (κ1) is 53.5. The van der Waals surface area contributed by atoms with E-state index in [2.05, 4.69) is 16.0 Å². The van der Waals surface area contributed by atoms with Crippen LogP contribution in [0.5, 0.6) is 0 Å². The van der Waals surface area contributed by atoms with E-state index < -0.39 is 76.0 Å². The van der Waals surface area contributed by atoms with Crippen molar-refractivity contribution >= 4 is 39.7 Å². The minimum Gasteiger partial charge on any atom is -0.379 e.